The van der Waals surface area contributed by atoms with E-state index in [1.807, 2.05) is 6.92 Å². The molecule has 1 aromatic rings. The normalized spacial score (nSPS) is 15.8. The van der Waals surface area contributed by atoms with Crippen LogP contribution in [0.3, 0.4) is 0 Å². The van der Waals surface area contributed by atoms with Crippen LogP contribution in [0, 0.1) is 0 Å². The summed E-state index contributed by atoms with van der Waals surface area (Å²) in [5, 5.41) is 2.78. The van der Waals surface area contributed by atoms with Gasteiger partial charge in [-0.3, -0.25) is 14.4 Å². The van der Waals surface area contributed by atoms with Crippen molar-refractivity contribution in [2.45, 2.75) is 37.1 Å². The fourth-order valence-corrected chi connectivity index (χ4v) is 4.23. The lowest BCUT2D eigenvalue weighted by Gasteiger charge is -2.32. The molecule has 3 amide bonds. The van der Waals surface area contributed by atoms with Crippen LogP contribution in [0.15, 0.2) is 29.2 Å². The average molecular weight is 410 g/mol. The summed E-state index contributed by atoms with van der Waals surface area (Å²) in [7, 11) is -0.781. The number of likely N-dealkylation sites (tertiary alicyclic amines) is 1. The minimum Gasteiger partial charge on any atom is -0.350 e. The number of sulfone groups is 1. The molecule has 1 fully saturated rings. The third kappa shape index (κ3) is 5.54. The molecule has 0 saturated carbocycles. The van der Waals surface area contributed by atoms with Crippen molar-refractivity contribution in [3.8, 4) is 0 Å². The maximum Gasteiger partial charge on any atom is 0.251 e. The lowest BCUT2D eigenvalue weighted by atomic mass is 10.1. The lowest BCUT2D eigenvalue weighted by Crippen LogP contribution is -2.47. The van der Waals surface area contributed by atoms with Crippen LogP contribution >= 0.6 is 0 Å². The second-order valence-corrected chi connectivity index (χ2v) is 9.16. The number of hydrogen-bond acceptors (Lipinski definition) is 5. The summed E-state index contributed by atoms with van der Waals surface area (Å²) in [6, 6.07) is 5.38. The van der Waals surface area contributed by atoms with Crippen molar-refractivity contribution in [1.82, 2.24) is 15.1 Å². The molecule has 1 saturated heterocycles. The minimum absolute atomic E-state index is 0.00784. The first kappa shape index (κ1) is 21.9. The van der Waals surface area contributed by atoms with Crippen LogP contribution in [0.2, 0.25) is 0 Å². The summed E-state index contributed by atoms with van der Waals surface area (Å²) in [5.74, 6) is -1.37. The highest BCUT2D eigenvalue weighted by molar-refractivity contribution is 7.92. The smallest absolute Gasteiger partial charge is 0.251 e. The van der Waals surface area contributed by atoms with Gasteiger partial charge in [-0.05, 0) is 44.0 Å². The highest BCUT2D eigenvalue weighted by Crippen LogP contribution is 2.15. The number of carbonyl (C=O) groups is 3. The van der Waals surface area contributed by atoms with Crippen LogP contribution in [0.1, 0.15) is 36.5 Å². The molecule has 1 N–H and O–H groups in total. The van der Waals surface area contributed by atoms with E-state index in [4.69, 9.17) is 0 Å². The highest BCUT2D eigenvalue weighted by atomic mass is 32.2. The summed E-state index contributed by atoms with van der Waals surface area (Å²) in [6.45, 7) is 2.91. The van der Waals surface area contributed by atoms with E-state index in [2.05, 4.69) is 5.32 Å². The Labute approximate surface area is 165 Å². The van der Waals surface area contributed by atoms with Crippen molar-refractivity contribution in [3.05, 3.63) is 29.8 Å². The van der Waals surface area contributed by atoms with Crippen molar-refractivity contribution in [1.29, 1.82) is 0 Å². The first-order valence-corrected chi connectivity index (χ1v) is 10.9. The minimum atomic E-state index is -3.76. The molecule has 0 aliphatic carbocycles. The summed E-state index contributed by atoms with van der Waals surface area (Å²) in [4.78, 5) is 38.9. The van der Waals surface area contributed by atoms with Gasteiger partial charge in [0, 0.05) is 45.2 Å². The maximum atomic E-state index is 12.3. The van der Waals surface area contributed by atoms with E-state index >= 15 is 0 Å². The molecule has 0 spiro atoms. The zero-order valence-electron chi connectivity index (χ0n) is 16.5. The number of nitrogens with zero attached hydrogens (tertiary/aromatic N) is 2. The lowest BCUT2D eigenvalue weighted by molar-refractivity contribution is -0.135. The van der Waals surface area contributed by atoms with E-state index in [1.165, 1.54) is 43.3 Å². The van der Waals surface area contributed by atoms with E-state index in [0.29, 0.717) is 25.1 Å². The first-order valence-electron chi connectivity index (χ1n) is 9.22. The third-order valence-electron chi connectivity index (χ3n) is 4.74. The molecule has 0 radical (unpaired) electrons. The van der Waals surface area contributed by atoms with Crippen molar-refractivity contribution < 1.29 is 22.8 Å². The molecule has 0 unspecified atom stereocenters. The van der Waals surface area contributed by atoms with Gasteiger partial charge in [-0.25, -0.2) is 8.42 Å². The molecule has 1 aliphatic rings. The molecule has 1 atom stereocenters. The zero-order valence-corrected chi connectivity index (χ0v) is 17.3. The van der Waals surface area contributed by atoms with Crippen molar-refractivity contribution in [2.24, 2.45) is 0 Å². The van der Waals surface area contributed by atoms with Crippen LogP contribution in [0.4, 0.5) is 0 Å². The van der Waals surface area contributed by atoms with Gasteiger partial charge in [-0.15, -0.1) is 0 Å². The molecule has 1 heterocycles. The Balaban J connectivity index is 1.96. The average Bonchev–Trinajstić information content (AvgIpc) is 2.66. The van der Waals surface area contributed by atoms with Crippen molar-refractivity contribution in [3.63, 3.8) is 0 Å². The Hall–Kier alpha value is -2.42. The van der Waals surface area contributed by atoms with Gasteiger partial charge in [-0.1, -0.05) is 0 Å². The van der Waals surface area contributed by atoms with Crippen molar-refractivity contribution in [2.75, 3.05) is 32.9 Å². The Morgan fingerprint density at radius 2 is 1.82 bits per heavy atom. The van der Waals surface area contributed by atoms with Crippen LogP contribution in [-0.2, 0) is 19.4 Å². The predicted octanol–water partition coefficient (Wildman–Crippen LogP) is 0.679. The molecule has 0 bridgehead atoms. The van der Waals surface area contributed by atoms with E-state index in [-0.39, 0.29) is 22.8 Å². The van der Waals surface area contributed by atoms with Gasteiger partial charge in [0.1, 0.15) is 5.75 Å². The molecule has 2 rings (SSSR count). The van der Waals surface area contributed by atoms with E-state index in [1.54, 1.807) is 4.90 Å². The Morgan fingerprint density at radius 3 is 2.39 bits per heavy atom. The van der Waals surface area contributed by atoms with Crippen LogP contribution in [0.25, 0.3) is 0 Å². The van der Waals surface area contributed by atoms with Gasteiger partial charge in [0.15, 0.2) is 9.84 Å². The topological polar surface area (TPSA) is 104 Å². The van der Waals surface area contributed by atoms with E-state index in [9.17, 15) is 22.8 Å². The molecule has 1 aromatic carbocycles. The van der Waals surface area contributed by atoms with Gasteiger partial charge in [0.2, 0.25) is 11.8 Å². The highest BCUT2D eigenvalue weighted by Gasteiger charge is 2.24. The van der Waals surface area contributed by atoms with E-state index < -0.39 is 21.5 Å². The Bertz CT molecular complexity index is 834. The summed E-state index contributed by atoms with van der Waals surface area (Å²) >= 11 is 0. The van der Waals surface area contributed by atoms with Crippen LogP contribution in [0.5, 0.6) is 0 Å². The zero-order chi connectivity index (χ0) is 20.9. The van der Waals surface area contributed by atoms with E-state index in [0.717, 1.165) is 12.8 Å². The number of nitrogens with one attached hydrogen (secondary N) is 1. The second kappa shape index (κ2) is 9.18. The fraction of sp³-hybridized carbons (Fsp3) is 0.526. The number of amides is 3. The predicted molar refractivity (Wildman–Crippen MR) is 105 cm³/mol. The Morgan fingerprint density at radius 1 is 1.18 bits per heavy atom. The fourth-order valence-electron chi connectivity index (χ4n) is 2.93. The number of hydrogen-bond donors (Lipinski definition) is 1. The molecule has 154 valence electrons. The van der Waals surface area contributed by atoms with Crippen LogP contribution in [-0.4, -0.2) is 74.9 Å². The second-order valence-electron chi connectivity index (χ2n) is 7.17. The number of carbonyl (C=O) groups excluding carboxylic acids is 3. The van der Waals surface area contributed by atoms with Gasteiger partial charge >= 0.3 is 0 Å². The third-order valence-corrected chi connectivity index (χ3v) is 6.36. The number of rotatable bonds is 7. The quantitative estimate of drug-likeness (QED) is 0.713. The largest absolute Gasteiger partial charge is 0.350 e. The summed E-state index contributed by atoms with van der Waals surface area (Å²) < 4.78 is 24.5. The van der Waals surface area contributed by atoms with Crippen LogP contribution < -0.4 is 5.32 Å². The standard InChI is InChI=1S/C19H27N3O5S/c1-14(22-11-5-4-6-17(22)23)12-20-19(25)15-7-9-16(10-8-15)28(26,27)13-18(24)21(2)3/h7-10,14H,4-6,11-13H2,1-3H3,(H,20,25)/t14-/m1/s1. The summed E-state index contributed by atoms with van der Waals surface area (Å²) in [6.07, 6.45) is 2.42. The van der Waals surface area contributed by atoms with Gasteiger partial charge < -0.3 is 15.1 Å². The molecular weight excluding hydrogens is 382 g/mol. The van der Waals surface area contributed by atoms with Gasteiger partial charge in [0.05, 0.1) is 4.90 Å². The molecule has 1 aliphatic heterocycles. The molecule has 9 heteroatoms. The molecule has 28 heavy (non-hydrogen) atoms. The monoisotopic (exact) mass is 409 g/mol. The maximum absolute atomic E-state index is 12.3. The van der Waals surface area contributed by atoms with Gasteiger partial charge in [0.25, 0.3) is 5.91 Å². The summed E-state index contributed by atoms with van der Waals surface area (Å²) in [5.41, 5.74) is 0.315. The molecule has 0 aromatic heterocycles. The molecule has 8 nitrogen and oxygen atoms in total. The number of piperidine rings is 1. The molecular formula is C19H27N3O5S. The number of benzene rings is 1. The van der Waals surface area contributed by atoms with Gasteiger partial charge in [-0.2, -0.15) is 0 Å². The SMILES string of the molecule is C[C@H](CNC(=O)c1ccc(S(=O)(=O)CC(=O)N(C)C)cc1)N1CCCCC1=O. The van der Waals surface area contributed by atoms with Crippen molar-refractivity contribution >= 4 is 27.6 Å². The Kier molecular flexibility index (Phi) is 7.17. The first-order chi connectivity index (χ1) is 13.1.